The van der Waals surface area contributed by atoms with Gasteiger partial charge in [0.15, 0.2) is 0 Å². The van der Waals surface area contributed by atoms with E-state index < -0.39 is 12.0 Å². The van der Waals surface area contributed by atoms with Crippen LogP contribution in [0.4, 0.5) is 0 Å². The molecular weight excluding hydrogens is 298 g/mol. The van der Waals surface area contributed by atoms with Gasteiger partial charge < -0.3 is 19.9 Å². The number of amides is 1. The van der Waals surface area contributed by atoms with Crippen LogP contribution >= 0.6 is 0 Å². The van der Waals surface area contributed by atoms with Gasteiger partial charge in [-0.15, -0.1) is 0 Å². The SMILES string of the molecule is COc1ccc(C)cc1CC(=O)NC(C(=O)O)C1CCCOC1. The van der Waals surface area contributed by atoms with Crippen molar-refractivity contribution in [2.75, 3.05) is 20.3 Å². The fraction of sp³-hybridized carbons (Fsp3) is 0.529. The minimum absolute atomic E-state index is 0.0855. The Morgan fingerprint density at radius 2 is 2.26 bits per heavy atom. The highest BCUT2D eigenvalue weighted by atomic mass is 16.5. The van der Waals surface area contributed by atoms with Crippen molar-refractivity contribution in [1.29, 1.82) is 0 Å². The Bertz CT molecular complexity index is 566. The zero-order chi connectivity index (χ0) is 16.8. The quantitative estimate of drug-likeness (QED) is 0.830. The summed E-state index contributed by atoms with van der Waals surface area (Å²) in [5.41, 5.74) is 1.76. The van der Waals surface area contributed by atoms with Crippen molar-refractivity contribution in [3.63, 3.8) is 0 Å². The van der Waals surface area contributed by atoms with Crippen molar-refractivity contribution < 1.29 is 24.2 Å². The highest BCUT2D eigenvalue weighted by Crippen LogP contribution is 2.21. The molecule has 1 fully saturated rings. The zero-order valence-electron chi connectivity index (χ0n) is 13.5. The predicted molar refractivity (Wildman–Crippen MR) is 84.5 cm³/mol. The molecule has 6 heteroatoms. The molecule has 23 heavy (non-hydrogen) atoms. The van der Waals surface area contributed by atoms with Crippen LogP contribution < -0.4 is 10.1 Å². The molecule has 1 aliphatic rings. The van der Waals surface area contributed by atoms with Gasteiger partial charge in [-0.3, -0.25) is 4.79 Å². The Hall–Kier alpha value is -2.08. The number of carbonyl (C=O) groups is 2. The number of rotatable bonds is 6. The van der Waals surface area contributed by atoms with Crippen LogP contribution in [0, 0.1) is 12.8 Å². The number of carboxylic acids is 1. The summed E-state index contributed by atoms with van der Waals surface area (Å²) in [5, 5.41) is 12.0. The molecule has 2 atom stereocenters. The minimum atomic E-state index is -1.02. The molecule has 0 spiro atoms. The van der Waals surface area contributed by atoms with Crippen LogP contribution in [0.2, 0.25) is 0 Å². The van der Waals surface area contributed by atoms with Gasteiger partial charge in [-0.25, -0.2) is 4.79 Å². The fourth-order valence-corrected chi connectivity index (χ4v) is 2.85. The highest BCUT2D eigenvalue weighted by Gasteiger charge is 2.31. The number of aliphatic carboxylic acids is 1. The van der Waals surface area contributed by atoms with Crippen LogP contribution in [-0.2, 0) is 20.7 Å². The third-order valence-electron chi connectivity index (χ3n) is 4.04. The van der Waals surface area contributed by atoms with Crippen LogP contribution in [0.15, 0.2) is 18.2 Å². The van der Waals surface area contributed by atoms with Crippen LogP contribution in [0.5, 0.6) is 5.75 Å². The summed E-state index contributed by atoms with van der Waals surface area (Å²) >= 11 is 0. The largest absolute Gasteiger partial charge is 0.496 e. The number of hydrogen-bond acceptors (Lipinski definition) is 4. The molecule has 6 nitrogen and oxygen atoms in total. The molecule has 0 aromatic heterocycles. The first-order valence-corrected chi connectivity index (χ1v) is 7.74. The van der Waals surface area contributed by atoms with Gasteiger partial charge in [-0.1, -0.05) is 17.7 Å². The van der Waals surface area contributed by atoms with Gasteiger partial charge in [0, 0.05) is 18.1 Å². The molecule has 1 aromatic carbocycles. The Morgan fingerprint density at radius 1 is 1.48 bits per heavy atom. The molecule has 126 valence electrons. The van der Waals surface area contributed by atoms with E-state index in [9.17, 15) is 14.7 Å². The van der Waals surface area contributed by atoms with E-state index >= 15 is 0 Å². The van der Waals surface area contributed by atoms with E-state index in [1.807, 2.05) is 25.1 Å². The summed E-state index contributed by atoms with van der Waals surface area (Å²) < 4.78 is 10.6. The smallest absolute Gasteiger partial charge is 0.326 e. The van der Waals surface area contributed by atoms with E-state index in [1.54, 1.807) is 7.11 Å². The fourth-order valence-electron chi connectivity index (χ4n) is 2.85. The number of carboxylic acid groups (broad SMARTS) is 1. The Morgan fingerprint density at radius 3 is 2.87 bits per heavy atom. The lowest BCUT2D eigenvalue weighted by Crippen LogP contribution is -2.48. The van der Waals surface area contributed by atoms with Crippen LogP contribution in [0.25, 0.3) is 0 Å². The van der Waals surface area contributed by atoms with Gasteiger partial charge in [-0.05, 0) is 25.8 Å². The van der Waals surface area contributed by atoms with Crippen molar-refractivity contribution in [2.24, 2.45) is 5.92 Å². The standard InChI is InChI=1S/C17H23NO5/c1-11-5-6-14(22-2)13(8-11)9-15(19)18-16(17(20)21)12-4-3-7-23-10-12/h5-6,8,12,16H,3-4,7,9-10H2,1-2H3,(H,18,19)(H,20,21). The molecule has 0 saturated carbocycles. The average Bonchev–Trinajstić information content (AvgIpc) is 2.53. The van der Waals surface area contributed by atoms with E-state index in [-0.39, 0.29) is 18.2 Å². The predicted octanol–water partition coefficient (Wildman–Crippen LogP) is 1.54. The summed E-state index contributed by atoms with van der Waals surface area (Å²) in [6.07, 6.45) is 1.64. The van der Waals surface area contributed by atoms with Crippen LogP contribution in [0.3, 0.4) is 0 Å². The third-order valence-corrected chi connectivity index (χ3v) is 4.04. The average molecular weight is 321 g/mol. The van der Waals surface area contributed by atoms with Gasteiger partial charge in [-0.2, -0.15) is 0 Å². The lowest BCUT2D eigenvalue weighted by atomic mass is 9.93. The summed E-state index contributed by atoms with van der Waals surface area (Å²) in [4.78, 5) is 23.7. The van der Waals surface area contributed by atoms with Crippen molar-refractivity contribution in [2.45, 2.75) is 32.2 Å². The first kappa shape index (κ1) is 17.3. The van der Waals surface area contributed by atoms with Gasteiger partial charge in [0.2, 0.25) is 5.91 Å². The maximum atomic E-state index is 12.3. The highest BCUT2D eigenvalue weighted by molar-refractivity contribution is 5.85. The van der Waals surface area contributed by atoms with Gasteiger partial charge in [0.05, 0.1) is 20.1 Å². The van der Waals surface area contributed by atoms with E-state index in [2.05, 4.69) is 5.32 Å². The number of hydrogen-bond donors (Lipinski definition) is 2. The second-order valence-electron chi connectivity index (χ2n) is 5.85. The second-order valence-corrected chi connectivity index (χ2v) is 5.85. The van der Waals surface area contributed by atoms with Crippen LogP contribution in [-0.4, -0.2) is 43.3 Å². The van der Waals surface area contributed by atoms with Crippen molar-refractivity contribution in [3.05, 3.63) is 29.3 Å². The van der Waals surface area contributed by atoms with Gasteiger partial charge in [0.25, 0.3) is 0 Å². The van der Waals surface area contributed by atoms with Crippen molar-refractivity contribution in [1.82, 2.24) is 5.32 Å². The normalized spacial score (nSPS) is 19.0. The van der Waals surface area contributed by atoms with E-state index in [1.165, 1.54) is 0 Å². The van der Waals surface area contributed by atoms with E-state index in [0.29, 0.717) is 19.0 Å². The number of carbonyl (C=O) groups excluding carboxylic acids is 1. The number of aryl methyl sites for hydroxylation is 1. The third kappa shape index (κ3) is 4.69. The molecule has 0 aliphatic carbocycles. The number of ether oxygens (including phenoxy) is 2. The minimum Gasteiger partial charge on any atom is -0.496 e. The Balaban J connectivity index is 2.04. The topological polar surface area (TPSA) is 84.9 Å². The van der Waals surface area contributed by atoms with Gasteiger partial charge in [0.1, 0.15) is 11.8 Å². The first-order chi connectivity index (χ1) is 11.0. The zero-order valence-corrected chi connectivity index (χ0v) is 13.5. The van der Waals surface area contributed by atoms with E-state index in [4.69, 9.17) is 9.47 Å². The molecule has 1 aliphatic heterocycles. The molecule has 1 aromatic rings. The maximum absolute atomic E-state index is 12.3. The number of methoxy groups -OCH3 is 1. The van der Waals surface area contributed by atoms with Crippen molar-refractivity contribution in [3.8, 4) is 5.75 Å². The molecular formula is C17H23NO5. The van der Waals surface area contributed by atoms with Gasteiger partial charge >= 0.3 is 5.97 Å². The van der Waals surface area contributed by atoms with Crippen molar-refractivity contribution >= 4 is 11.9 Å². The first-order valence-electron chi connectivity index (χ1n) is 7.74. The summed E-state index contributed by atoms with van der Waals surface area (Å²) in [6.45, 7) is 2.95. The Kier molecular flexibility index (Phi) is 5.98. The molecule has 1 amide bonds. The number of benzene rings is 1. The monoisotopic (exact) mass is 321 g/mol. The number of nitrogens with one attached hydrogen (secondary N) is 1. The summed E-state index contributed by atoms with van der Waals surface area (Å²) in [5.74, 6) is -0.917. The molecule has 1 heterocycles. The summed E-state index contributed by atoms with van der Waals surface area (Å²) in [7, 11) is 1.55. The maximum Gasteiger partial charge on any atom is 0.326 e. The lowest BCUT2D eigenvalue weighted by molar-refractivity contribution is -0.145. The molecule has 0 radical (unpaired) electrons. The molecule has 2 rings (SSSR count). The molecule has 1 saturated heterocycles. The Labute approximate surface area is 135 Å². The second kappa shape index (κ2) is 7.97. The lowest BCUT2D eigenvalue weighted by Gasteiger charge is -2.28. The van der Waals surface area contributed by atoms with E-state index in [0.717, 1.165) is 24.0 Å². The molecule has 0 bridgehead atoms. The van der Waals surface area contributed by atoms with Crippen LogP contribution in [0.1, 0.15) is 24.0 Å². The molecule has 2 unspecified atom stereocenters. The summed E-state index contributed by atoms with van der Waals surface area (Å²) in [6, 6.07) is 4.66. The molecule has 2 N–H and O–H groups in total.